The average molecular weight is 340 g/mol. The first kappa shape index (κ1) is 15.9. The summed E-state index contributed by atoms with van der Waals surface area (Å²) >= 11 is 1.55. The molecule has 0 atom stereocenters. The van der Waals surface area contributed by atoms with Crippen LogP contribution in [0, 0.1) is 6.92 Å². The fourth-order valence-corrected chi connectivity index (χ4v) is 2.96. The van der Waals surface area contributed by atoms with Gasteiger partial charge >= 0.3 is 0 Å². The number of anilines is 2. The molecular formula is C17H16N4O2S. The number of H-pyrrole nitrogens is 1. The number of carbonyl (C=O) groups is 2. The number of benzene rings is 1. The molecule has 0 fully saturated rings. The highest BCUT2D eigenvalue weighted by Crippen LogP contribution is 2.26. The summed E-state index contributed by atoms with van der Waals surface area (Å²) in [6, 6.07) is 7.30. The standard InChI is InChI=1S/C17H16N4O2S/c1-10-3-4-13(19-11(2)22)7-15(10)20-17(23)14-8-18-21-16(14)12-5-6-24-9-12/h3-9H,1-2H3,(H,18,21)(H,19,22)(H,20,23). The molecule has 0 unspecified atom stereocenters. The molecule has 0 spiro atoms. The summed E-state index contributed by atoms with van der Waals surface area (Å²) in [5.74, 6) is -0.418. The second kappa shape index (κ2) is 6.67. The van der Waals surface area contributed by atoms with E-state index in [1.807, 2.05) is 29.8 Å². The van der Waals surface area contributed by atoms with E-state index in [9.17, 15) is 9.59 Å². The van der Waals surface area contributed by atoms with E-state index in [1.165, 1.54) is 13.1 Å². The maximum absolute atomic E-state index is 12.6. The second-order valence-corrected chi connectivity index (χ2v) is 6.12. The van der Waals surface area contributed by atoms with Crippen molar-refractivity contribution in [2.45, 2.75) is 13.8 Å². The second-order valence-electron chi connectivity index (χ2n) is 5.34. The first-order chi connectivity index (χ1) is 11.5. The summed E-state index contributed by atoms with van der Waals surface area (Å²) in [6.07, 6.45) is 1.51. The minimum atomic E-state index is -0.256. The van der Waals surface area contributed by atoms with Gasteiger partial charge in [0.05, 0.1) is 17.5 Å². The van der Waals surface area contributed by atoms with Crippen LogP contribution >= 0.6 is 11.3 Å². The third-order valence-corrected chi connectivity index (χ3v) is 4.18. The van der Waals surface area contributed by atoms with E-state index in [0.717, 1.165) is 11.1 Å². The molecule has 0 saturated heterocycles. The van der Waals surface area contributed by atoms with Gasteiger partial charge < -0.3 is 10.6 Å². The molecule has 2 heterocycles. The number of thiophene rings is 1. The minimum Gasteiger partial charge on any atom is -0.326 e. The van der Waals surface area contributed by atoms with Crippen molar-refractivity contribution in [3.63, 3.8) is 0 Å². The number of aromatic amines is 1. The van der Waals surface area contributed by atoms with Gasteiger partial charge in [-0.3, -0.25) is 14.7 Å². The molecular weight excluding hydrogens is 324 g/mol. The maximum Gasteiger partial charge on any atom is 0.259 e. The maximum atomic E-state index is 12.6. The topological polar surface area (TPSA) is 86.9 Å². The van der Waals surface area contributed by atoms with E-state index >= 15 is 0 Å². The van der Waals surface area contributed by atoms with E-state index < -0.39 is 0 Å². The molecule has 7 heteroatoms. The van der Waals surface area contributed by atoms with Gasteiger partial charge in [-0.25, -0.2) is 0 Å². The Hall–Kier alpha value is -2.93. The number of aromatic nitrogens is 2. The van der Waals surface area contributed by atoms with Gasteiger partial charge in [-0.2, -0.15) is 16.4 Å². The summed E-state index contributed by atoms with van der Waals surface area (Å²) in [5.41, 5.74) is 4.25. The fraction of sp³-hybridized carbons (Fsp3) is 0.118. The number of hydrogen-bond acceptors (Lipinski definition) is 4. The number of carbonyl (C=O) groups excluding carboxylic acids is 2. The lowest BCUT2D eigenvalue weighted by Gasteiger charge is -2.11. The summed E-state index contributed by atoms with van der Waals surface area (Å²) in [5, 5.41) is 16.3. The third-order valence-electron chi connectivity index (χ3n) is 3.50. The normalized spacial score (nSPS) is 10.4. The molecule has 0 aliphatic rings. The van der Waals surface area contributed by atoms with E-state index in [0.29, 0.717) is 22.6 Å². The van der Waals surface area contributed by atoms with Crippen LogP contribution in [0.1, 0.15) is 22.8 Å². The lowest BCUT2D eigenvalue weighted by molar-refractivity contribution is -0.114. The SMILES string of the molecule is CC(=O)Nc1ccc(C)c(NC(=O)c2cn[nH]c2-c2ccsc2)c1. The van der Waals surface area contributed by atoms with Crippen LogP contribution in [0.2, 0.25) is 0 Å². The molecule has 0 radical (unpaired) electrons. The van der Waals surface area contributed by atoms with Crippen molar-refractivity contribution in [1.29, 1.82) is 0 Å². The van der Waals surface area contributed by atoms with E-state index in [4.69, 9.17) is 0 Å². The largest absolute Gasteiger partial charge is 0.326 e. The first-order valence-electron chi connectivity index (χ1n) is 7.30. The molecule has 122 valence electrons. The predicted octanol–water partition coefficient (Wildman–Crippen LogP) is 3.66. The molecule has 1 aromatic carbocycles. The Morgan fingerprint density at radius 2 is 2.04 bits per heavy atom. The quantitative estimate of drug-likeness (QED) is 0.677. The van der Waals surface area contributed by atoms with Crippen molar-refractivity contribution in [3.05, 3.63) is 52.3 Å². The molecule has 6 nitrogen and oxygen atoms in total. The van der Waals surface area contributed by atoms with Gasteiger partial charge in [0.2, 0.25) is 5.91 Å². The van der Waals surface area contributed by atoms with Crippen LogP contribution in [-0.4, -0.2) is 22.0 Å². The Bertz CT molecular complexity index is 884. The number of nitrogens with one attached hydrogen (secondary N) is 3. The number of hydrogen-bond donors (Lipinski definition) is 3. The van der Waals surface area contributed by atoms with Crippen molar-refractivity contribution in [1.82, 2.24) is 10.2 Å². The highest BCUT2D eigenvalue weighted by atomic mass is 32.1. The van der Waals surface area contributed by atoms with Crippen LogP contribution in [0.5, 0.6) is 0 Å². The zero-order chi connectivity index (χ0) is 17.1. The van der Waals surface area contributed by atoms with Crippen LogP contribution in [0.3, 0.4) is 0 Å². The van der Waals surface area contributed by atoms with Gasteiger partial charge in [-0.05, 0) is 36.1 Å². The van der Waals surface area contributed by atoms with Crippen molar-refractivity contribution >= 4 is 34.5 Å². The molecule has 2 aromatic heterocycles. The molecule has 3 aromatic rings. The monoisotopic (exact) mass is 340 g/mol. The smallest absolute Gasteiger partial charge is 0.259 e. The Labute approximate surface area is 142 Å². The lowest BCUT2D eigenvalue weighted by atomic mass is 10.1. The van der Waals surface area contributed by atoms with Crippen molar-refractivity contribution < 1.29 is 9.59 Å². The van der Waals surface area contributed by atoms with E-state index in [2.05, 4.69) is 20.8 Å². The predicted molar refractivity (Wildman–Crippen MR) is 95.3 cm³/mol. The number of aryl methyl sites for hydroxylation is 1. The Kier molecular flexibility index (Phi) is 4.43. The Morgan fingerprint density at radius 1 is 1.21 bits per heavy atom. The van der Waals surface area contributed by atoms with Gasteiger partial charge in [0.25, 0.3) is 5.91 Å². The fourth-order valence-electron chi connectivity index (χ4n) is 2.31. The highest BCUT2D eigenvalue weighted by Gasteiger charge is 2.16. The lowest BCUT2D eigenvalue weighted by Crippen LogP contribution is -2.14. The van der Waals surface area contributed by atoms with Crippen LogP contribution in [-0.2, 0) is 4.79 Å². The van der Waals surface area contributed by atoms with Gasteiger partial charge in [0, 0.05) is 29.2 Å². The van der Waals surface area contributed by atoms with Crippen LogP contribution in [0.15, 0.2) is 41.2 Å². The van der Waals surface area contributed by atoms with E-state index in [1.54, 1.807) is 23.5 Å². The van der Waals surface area contributed by atoms with Crippen molar-refractivity contribution in [2.75, 3.05) is 10.6 Å². The number of rotatable bonds is 4. The molecule has 0 aliphatic carbocycles. The molecule has 0 bridgehead atoms. The molecule has 0 aliphatic heterocycles. The molecule has 0 saturated carbocycles. The minimum absolute atomic E-state index is 0.161. The first-order valence-corrected chi connectivity index (χ1v) is 8.24. The van der Waals surface area contributed by atoms with Gasteiger partial charge in [0.1, 0.15) is 0 Å². The summed E-state index contributed by atoms with van der Waals surface area (Å²) in [6.45, 7) is 3.33. The van der Waals surface area contributed by atoms with Gasteiger partial charge in [0.15, 0.2) is 0 Å². The summed E-state index contributed by atoms with van der Waals surface area (Å²) < 4.78 is 0. The van der Waals surface area contributed by atoms with Gasteiger partial charge in [-0.1, -0.05) is 6.07 Å². The van der Waals surface area contributed by atoms with E-state index in [-0.39, 0.29) is 11.8 Å². The highest BCUT2D eigenvalue weighted by molar-refractivity contribution is 7.08. The zero-order valence-electron chi connectivity index (χ0n) is 13.2. The van der Waals surface area contributed by atoms with Crippen LogP contribution in [0.25, 0.3) is 11.3 Å². The van der Waals surface area contributed by atoms with Crippen LogP contribution in [0.4, 0.5) is 11.4 Å². The number of nitrogens with zero attached hydrogens (tertiary/aromatic N) is 1. The zero-order valence-corrected chi connectivity index (χ0v) is 14.0. The van der Waals surface area contributed by atoms with Crippen LogP contribution < -0.4 is 10.6 Å². The average Bonchev–Trinajstić information content (AvgIpc) is 3.19. The number of amides is 2. The Balaban J connectivity index is 1.86. The van der Waals surface area contributed by atoms with Crippen molar-refractivity contribution in [2.24, 2.45) is 0 Å². The molecule has 2 amide bonds. The van der Waals surface area contributed by atoms with Gasteiger partial charge in [-0.15, -0.1) is 0 Å². The van der Waals surface area contributed by atoms with Crippen molar-refractivity contribution in [3.8, 4) is 11.3 Å². The summed E-state index contributed by atoms with van der Waals surface area (Å²) in [4.78, 5) is 23.8. The molecule has 3 N–H and O–H groups in total. The summed E-state index contributed by atoms with van der Waals surface area (Å²) in [7, 11) is 0. The Morgan fingerprint density at radius 3 is 2.75 bits per heavy atom. The molecule has 3 rings (SSSR count). The third kappa shape index (κ3) is 3.36. The molecule has 24 heavy (non-hydrogen) atoms.